The number of hydrogen-bond donors (Lipinski definition) is 3. The maximum absolute atomic E-state index is 11.8. The van der Waals surface area contributed by atoms with Gasteiger partial charge >= 0.3 is 6.03 Å². The highest BCUT2D eigenvalue weighted by molar-refractivity contribution is 5.89. The van der Waals surface area contributed by atoms with Crippen LogP contribution in [0, 0.1) is 5.92 Å². The molecular formula is C14H21N3O2. The second-order valence-electron chi connectivity index (χ2n) is 4.78. The molecule has 0 aliphatic carbocycles. The number of nitrogens with one attached hydrogen (secondary N) is 3. The van der Waals surface area contributed by atoms with Crippen LogP contribution in [-0.4, -0.2) is 32.8 Å². The summed E-state index contributed by atoms with van der Waals surface area (Å²) in [6, 6.07) is 7.15. The number of rotatable bonds is 4. The summed E-state index contributed by atoms with van der Waals surface area (Å²) in [6.45, 7) is 2.79. The van der Waals surface area contributed by atoms with Crippen LogP contribution in [0.4, 0.5) is 10.5 Å². The molecule has 1 aliphatic heterocycles. The summed E-state index contributed by atoms with van der Waals surface area (Å²) in [6.07, 6.45) is 2.36. The van der Waals surface area contributed by atoms with E-state index < -0.39 is 0 Å². The van der Waals surface area contributed by atoms with Crippen molar-refractivity contribution < 1.29 is 9.53 Å². The third-order valence-electron chi connectivity index (χ3n) is 3.28. The molecule has 0 spiro atoms. The molecular weight excluding hydrogens is 242 g/mol. The van der Waals surface area contributed by atoms with Gasteiger partial charge in [-0.25, -0.2) is 4.79 Å². The molecule has 5 heteroatoms. The first kappa shape index (κ1) is 13.7. The molecule has 1 heterocycles. The Hall–Kier alpha value is -1.75. The van der Waals surface area contributed by atoms with E-state index in [2.05, 4.69) is 16.0 Å². The van der Waals surface area contributed by atoms with Crippen LogP contribution in [0.3, 0.4) is 0 Å². The molecule has 1 atom stereocenters. The largest absolute Gasteiger partial charge is 0.497 e. The topological polar surface area (TPSA) is 62.4 Å². The molecule has 2 rings (SSSR count). The van der Waals surface area contributed by atoms with Gasteiger partial charge in [-0.15, -0.1) is 0 Å². The minimum Gasteiger partial charge on any atom is -0.497 e. The zero-order valence-electron chi connectivity index (χ0n) is 11.2. The molecule has 2 amide bonds. The van der Waals surface area contributed by atoms with Gasteiger partial charge in [-0.3, -0.25) is 0 Å². The van der Waals surface area contributed by atoms with E-state index in [-0.39, 0.29) is 6.03 Å². The standard InChI is InChI=1S/C14H21N3O2/c1-19-13-6-2-5-12(8-13)17-14(18)16-10-11-4-3-7-15-9-11/h2,5-6,8,11,15H,3-4,7,9-10H2,1H3,(H2,16,17,18). The number of methoxy groups -OCH3 is 1. The smallest absolute Gasteiger partial charge is 0.319 e. The summed E-state index contributed by atoms with van der Waals surface area (Å²) in [7, 11) is 1.61. The fourth-order valence-corrected chi connectivity index (χ4v) is 2.21. The molecule has 1 aliphatic rings. The monoisotopic (exact) mass is 263 g/mol. The average Bonchev–Trinajstić information content (AvgIpc) is 2.46. The van der Waals surface area contributed by atoms with Crippen molar-refractivity contribution >= 4 is 11.7 Å². The first-order valence-corrected chi connectivity index (χ1v) is 6.67. The number of ether oxygens (including phenoxy) is 1. The highest BCUT2D eigenvalue weighted by Gasteiger charge is 2.13. The predicted octanol–water partition coefficient (Wildman–Crippen LogP) is 1.82. The highest BCUT2D eigenvalue weighted by Crippen LogP contribution is 2.16. The normalized spacial score (nSPS) is 18.7. The van der Waals surface area contributed by atoms with E-state index in [4.69, 9.17) is 4.74 Å². The van der Waals surface area contributed by atoms with Crippen LogP contribution in [-0.2, 0) is 0 Å². The van der Waals surface area contributed by atoms with E-state index >= 15 is 0 Å². The van der Waals surface area contributed by atoms with Gasteiger partial charge in [-0.05, 0) is 44.0 Å². The first-order valence-electron chi connectivity index (χ1n) is 6.67. The fourth-order valence-electron chi connectivity index (χ4n) is 2.21. The van der Waals surface area contributed by atoms with Crippen LogP contribution in [0.1, 0.15) is 12.8 Å². The van der Waals surface area contributed by atoms with Gasteiger partial charge in [0.25, 0.3) is 0 Å². The van der Waals surface area contributed by atoms with E-state index in [9.17, 15) is 4.79 Å². The van der Waals surface area contributed by atoms with Gasteiger partial charge < -0.3 is 20.7 Å². The van der Waals surface area contributed by atoms with Gasteiger partial charge in [0.1, 0.15) is 5.75 Å². The Bertz CT molecular complexity index is 417. The summed E-state index contributed by atoms with van der Waals surface area (Å²) in [5.41, 5.74) is 0.735. The molecule has 5 nitrogen and oxygen atoms in total. The van der Waals surface area contributed by atoms with Crippen molar-refractivity contribution in [3.05, 3.63) is 24.3 Å². The van der Waals surface area contributed by atoms with E-state index in [0.717, 1.165) is 24.5 Å². The van der Waals surface area contributed by atoms with Crippen molar-refractivity contribution in [2.45, 2.75) is 12.8 Å². The van der Waals surface area contributed by atoms with Crippen LogP contribution >= 0.6 is 0 Å². The van der Waals surface area contributed by atoms with Crippen molar-refractivity contribution in [1.29, 1.82) is 0 Å². The minimum absolute atomic E-state index is 0.168. The molecule has 1 fully saturated rings. The van der Waals surface area contributed by atoms with Crippen molar-refractivity contribution in [1.82, 2.24) is 10.6 Å². The highest BCUT2D eigenvalue weighted by atomic mass is 16.5. The SMILES string of the molecule is COc1cccc(NC(=O)NCC2CCCNC2)c1. The zero-order chi connectivity index (χ0) is 13.5. The van der Waals surface area contributed by atoms with Crippen molar-refractivity contribution in [2.24, 2.45) is 5.92 Å². The maximum atomic E-state index is 11.8. The third-order valence-corrected chi connectivity index (χ3v) is 3.28. The van der Waals surface area contributed by atoms with E-state index in [1.807, 2.05) is 18.2 Å². The molecule has 1 aromatic rings. The van der Waals surface area contributed by atoms with Crippen LogP contribution in [0.15, 0.2) is 24.3 Å². The molecule has 0 aromatic heterocycles. The lowest BCUT2D eigenvalue weighted by Gasteiger charge is -2.22. The summed E-state index contributed by atoms with van der Waals surface area (Å²) >= 11 is 0. The molecule has 19 heavy (non-hydrogen) atoms. The summed E-state index contributed by atoms with van der Waals surface area (Å²) in [5.74, 6) is 1.26. The molecule has 1 saturated heterocycles. The van der Waals surface area contributed by atoms with Gasteiger partial charge in [0.2, 0.25) is 0 Å². The van der Waals surface area contributed by atoms with Crippen molar-refractivity contribution in [3.63, 3.8) is 0 Å². The average molecular weight is 263 g/mol. The Morgan fingerprint density at radius 1 is 1.53 bits per heavy atom. The summed E-state index contributed by atoms with van der Waals surface area (Å²) in [4.78, 5) is 11.8. The zero-order valence-corrected chi connectivity index (χ0v) is 11.2. The molecule has 1 aromatic carbocycles. The summed E-state index contributed by atoms with van der Waals surface area (Å²) in [5, 5.41) is 9.05. The lowest BCUT2D eigenvalue weighted by Crippen LogP contribution is -2.39. The molecule has 0 saturated carbocycles. The third kappa shape index (κ3) is 4.44. The van der Waals surface area contributed by atoms with Gasteiger partial charge in [-0.2, -0.15) is 0 Å². The molecule has 0 radical (unpaired) electrons. The van der Waals surface area contributed by atoms with E-state index in [1.54, 1.807) is 13.2 Å². The van der Waals surface area contributed by atoms with Crippen LogP contribution in [0.25, 0.3) is 0 Å². The number of amides is 2. The Balaban J connectivity index is 1.76. The van der Waals surface area contributed by atoms with Gasteiger partial charge in [0.05, 0.1) is 7.11 Å². The van der Waals surface area contributed by atoms with E-state index in [0.29, 0.717) is 12.5 Å². The predicted molar refractivity (Wildman–Crippen MR) is 75.6 cm³/mol. The van der Waals surface area contributed by atoms with Crippen LogP contribution < -0.4 is 20.7 Å². The number of hydrogen-bond acceptors (Lipinski definition) is 3. The molecule has 3 N–H and O–H groups in total. The Morgan fingerprint density at radius 3 is 3.16 bits per heavy atom. The lowest BCUT2D eigenvalue weighted by molar-refractivity contribution is 0.248. The lowest BCUT2D eigenvalue weighted by atomic mass is 10.00. The van der Waals surface area contributed by atoms with Gasteiger partial charge in [0.15, 0.2) is 0 Å². The fraction of sp³-hybridized carbons (Fsp3) is 0.500. The van der Waals surface area contributed by atoms with Crippen LogP contribution in [0.5, 0.6) is 5.75 Å². The van der Waals surface area contributed by atoms with Crippen LogP contribution in [0.2, 0.25) is 0 Å². The van der Waals surface area contributed by atoms with Gasteiger partial charge in [-0.1, -0.05) is 6.07 Å². The second-order valence-corrected chi connectivity index (χ2v) is 4.78. The molecule has 1 unspecified atom stereocenters. The quantitative estimate of drug-likeness (QED) is 0.776. The van der Waals surface area contributed by atoms with Crippen molar-refractivity contribution in [3.8, 4) is 5.75 Å². The summed E-state index contributed by atoms with van der Waals surface area (Å²) < 4.78 is 5.11. The minimum atomic E-state index is -0.168. The van der Waals surface area contributed by atoms with Crippen molar-refractivity contribution in [2.75, 3.05) is 32.1 Å². The number of piperidine rings is 1. The number of benzene rings is 1. The maximum Gasteiger partial charge on any atom is 0.319 e. The number of carbonyl (C=O) groups excluding carboxylic acids is 1. The number of carbonyl (C=O) groups is 1. The van der Waals surface area contributed by atoms with E-state index in [1.165, 1.54) is 12.8 Å². The Morgan fingerprint density at radius 2 is 2.42 bits per heavy atom. The Kier molecular flexibility index (Phi) is 5.03. The molecule has 0 bridgehead atoms. The molecule has 104 valence electrons. The van der Waals surface area contributed by atoms with Gasteiger partial charge in [0, 0.05) is 18.3 Å². The second kappa shape index (κ2) is 6.99. The number of anilines is 1. The number of urea groups is 1. The first-order chi connectivity index (χ1) is 9.28. The Labute approximate surface area is 113 Å².